The quantitative estimate of drug-likeness (QED) is 0.854. The molecule has 0 spiro atoms. The van der Waals surface area contributed by atoms with Crippen molar-refractivity contribution in [1.29, 1.82) is 0 Å². The molecule has 0 amide bonds. The van der Waals surface area contributed by atoms with Crippen LogP contribution < -0.4 is 9.47 Å². The van der Waals surface area contributed by atoms with Gasteiger partial charge in [0.05, 0.1) is 13.7 Å². The Labute approximate surface area is 140 Å². The number of nitrogens with zero attached hydrogens (tertiary/aromatic N) is 1. The number of pyridine rings is 1. The molecule has 1 saturated heterocycles. The number of hydrogen-bond acceptors (Lipinski definition) is 5. The van der Waals surface area contributed by atoms with Gasteiger partial charge in [-0.1, -0.05) is 0 Å². The first-order chi connectivity index (χ1) is 11.6. The molecule has 1 aliphatic heterocycles. The van der Waals surface area contributed by atoms with Gasteiger partial charge in [-0.25, -0.2) is 4.39 Å². The maximum atomic E-state index is 14.3. The van der Waals surface area contributed by atoms with Crippen LogP contribution in [0, 0.1) is 5.82 Å². The van der Waals surface area contributed by atoms with Crippen molar-refractivity contribution in [3.05, 3.63) is 42.0 Å². The zero-order valence-corrected chi connectivity index (χ0v) is 13.7. The lowest BCUT2D eigenvalue weighted by Crippen LogP contribution is -2.07. The van der Waals surface area contributed by atoms with E-state index in [1.54, 1.807) is 18.5 Å². The predicted octanol–water partition coefficient (Wildman–Crippen LogP) is 2.89. The minimum absolute atomic E-state index is 0.0851. The summed E-state index contributed by atoms with van der Waals surface area (Å²) in [6, 6.07) is 5.09. The lowest BCUT2D eigenvalue weighted by molar-refractivity contribution is 0.292. The van der Waals surface area contributed by atoms with Gasteiger partial charge in [0.15, 0.2) is 17.3 Å². The number of aromatic nitrogens is 1. The number of benzene rings is 1. The number of rotatable bonds is 5. The van der Waals surface area contributed by atoms with Gasteiger partial charge in [-0.3, -0.25) is 4.98 Å². The lowest BCUT2D eigenvalue weighted by atomic mass is 9.80. The first-order valence-corrected chi connectivity index (χ1v) is 7.87. The Morgan fingerprint density at radius 2 is 2.17 bits per heavy atom. The molecule has 1 aromatic heterocycles. The van der Waals surface area contributed by atoms with Gasteiger partial charge in [-0.15, -0.1) is 0 Å². The molecule has 0 bridgehead atoms. The van der Waals surface area contributed by atoms with Gasteiger partial charge in [0.1, 0.15) is 0 Å². The third-order valence-corrected chi connectivity index (χ3v) is 4.05. The molecule has 0 unspecified atom stereocenters. The van der Waals surface area contributed by atoms with E-state index in [0.717, 1.165) is 11.1 Å². The molecule has 2 aromatic rings. The van der Waals surface area contributed by atoms with Crippen molar-refractivity contribution in [3.8, 4) is 22.6 Å². The highest BCUT2D eigenvalue weighted by molar-refractivity contribution is 6.43. The lowest BCUT2D eigenvalue weighted by Gasteiger charge is -2.14. The van der Waals surface area contributed by atoms with Crippen molar-refractivity contribution >= 4 is 7.12 Å². The van der Waals surface area contributed by atoms with Crippen LogP contribution in [-0.4, -0.2) is 37.4 Å². The molecule has 24 heavy (non-hydrogen) atoms. The molecule has 1 atom stereocenters. The molecule has 0 saturated carbocycles. The molecular formula is C17H19BFNO4. The van der Waals surface area contributed by atoms with Crippen molar-refractivity contribution in [1.82, 2.24) is 4.98 Å². The van der Waals surface area contributed by atoms with Gasteiger partial charge in [0.2, 0.25) is 0 Å². The SMILES string of the molecule is CCOc1cc(-c2cncc([C@@H]3COB(O)C3)c2)cc(F)c1OC. The highest BCUT2D eigenvalue weighted by atomic mass is 19.1. The normalized spacial score (nSPS) is 17.2. The second-order valence-electron chi connectivity index (χ2n) is 5.65. The van der Waals surface area contributed by atoms with Crippen LogP contribution in [0.2, 0.25) is 6.32 Å². The summed E-state index contributed by atoms with van der Waals surface area (Å²) in [7, 11) is 0.676. The Kier molecular flexibility index (Phi) is 5.01. The van der Waals surface area contributed by atoms with E-state index < -0.39 is 12.9 Å². The Hall–Kier alpha value is -2.12. The van der Waals surface area contributed by atoms with Crippen LogP contribution in [0.3, 0.4) is 0 Å². The first kappa shape index (κ1) is 16.7. The Bertz CT molecular complexity index is 728. The number of methoxy groups -OCH3 is 1. The van der Waals surface area contributed by atoms with E-state index in [0.29, 0.717) is 30.8 Å². The van der Waals surface area contributed by atoms with Gasteiger partial charge in [-0.2, -0.15) is 0 Å². The van der Waals surface area contributed by atoms with Crippen LogP contribution in [0.5, 0.6) is 11.5 Å². The minimum atomic E-state index is -0.735. The van der Waals surface area contributed by atoms with Crippen LogP contribution in [0.4, 0.5) is 4.39 Å². The van der Waals surface area contributed by atoms with Crippen molar-refractivity contribution < 1.29 is 23.5 Å². The third kappa shape index (κ3) is 3.37. The second-order valence-corrected chi connectivity index (χ2v) is 5.65. The summed E-state index contributed by atoms with van der Waals surface area (Å²) in [5.41, 5.74) is 2.39. The zero-order valence-electron chi connectivity index (χ0n) is 13.7. The van der Waals surface area contributed by atoms with E-state index in [1.165, 1.54) is 13.2 Å². The highest BCUT2D eigenvalue weighted by Crippen LogP contribution is 2.36. The van der Waals surface area contributed by atoms with E-state index in [9.17, 15) is 9.41 Å². The molecule has 5 nitrogen and oxygen atoms in total. The summed E-state index contributed by atoms with van der Waals surface area (Å²) in [6.45, 7) is 2.69. The summed E-state index contributed by atoms with van der Waals surface area (Å²) in [5, 5.41) is 9.51. The fraction of sp³-hybridized carbons (Fsp3) is 0.353. The van der Waals surface area contributed by atoms with Crippen molar-refractivity contribution in [2.45, 2.75) is 19.2 Å². The van der Waals surface area contributed by atoms with Crippen molar-refractivity contribution in [3.63, 3.8) is 0 Å². The Morgan fingerprint density at radius 3 is 2.83 bits per heavy atom. The maximum absolute atomic E-state index is 14.3. The van der Waals surface area contributed by atoms with Gasteiger partial charge in [-0.05, 0) is 42.6 Å². The third-order valence-electron chi connectivity index (χ3n) is 4.05. The summed E-state index contributed by atoms with van der Waals surface area (Å²) < 4.78 is 30.0. The van der Waals surface area contributed by atoms with Crippen molar-refractivity contribution in [2.75, 3.05) is 20.3 Å². The fourth-order valence-corrected chi connectivity index (χ4v) is 2.87. The Balaban J connectivity index is 1.97. The number of hydrogen-bond donors (Lipinski definition) is 1. The smallest absolute Gasteiger partial charge is 0.454 e. The van der Waals surface area contributed by atoms with E-state index in [-0.39, 0.29) is 11.7 Å². The predicted molar refractivity (Wildman–Crippen MR) is 88.8 cm³/mol. The van der Waals surface area contributed by atoms with Gasteiger partial charge in [0.25, 0.3) is 0 Å². The summed E-state index contributed by atoms with van der Waals surface area (Å²) >= 11 is 0. The van der Waals surface area contributed by atoms with E-state index in [1.807, 2.05) is 13.0 Å². The highest BCUT2D eigenvalue weighted by Gasteiger charge is 2.30. The van der Waals surface area contributed by atoms with Crippen LogP contribution in [-0.2, 0) is 4.65 Å². The Morgan fingerprint density at radius 1 is 1.33 bits per heavy atom. The van der Waals surface area contributed by atoms with Gasteiger partial charge in [0, 0.05) is 30.5 Å². The molecule has 7 heteroatoms. The molecule has 2 heterocycles. The molecule has 1 aromatic carbocycles. The molecule has 0 radical (unpaired) electrons. The van der Waals surface area contributed by atoms with Crippen LogP contribution >= 0.6 is 0 Å². The summed E-state index contributed by atoms with van der Waals surface area (Å²) in [6.07, 6.45) is 3.96. The summed E-state index contributed by atoms with van der Waals surface area (Å²) in [4.78, 5) is 4.25. The molecule has 1 aliphatic rings. The van der Waals surface area contributed by atoms with Gasteiger partial charge < -0.3 is 19.2 Å². The monoisotopic (exact) mass is 331 g/mol. The van der Waals surface area contributed by atoms with Crippen LogP contribution in [0.25, 0.3) is 11.1 Å². The zero-order chi connectivity index (χ0) is 17.1. The van der Waals surface area contributed by atoms with Crippen molar-refractivity contribution in [2.24, 2.45) is 0 Å². The largest absolute Gasteiger partial charge is 0.490 e. The number of halogens is 1. The maximum Gasteiger partial charge on any atom is 0.454 e. The van der Waals surface area contributed by atoms with Gasteiger partial charge >= 0.3 is 7.12 Å². The topological polar surface area (TPSA) is 60.8 Å². The van der Waals surface area contributed by atoms with E-state index in [2.05, 4.69) is 4.98 Å². The molecular weight excluding hydrogens is 312 g/mol. The van der Waals surface area contributed by atoms with Crippen LogP contribution in [0.15, 0.2) is 30.6 Å². The van der Waals surface area contributed by atoms with E-state index in [4.69, 9.17) is 14.1 Å². The molecule has 0 aliphatic carbocycles. The molecule has 3 rings (SSSR count). The fourth-order valence-electron chi connectivity index (χ4n) is 2.87. The average Bonchev–Trinajstić information content (AvgIpc) is 3.01. The standard InChI is InChI=1S/C17H19BFNO4/c1-3-23-16-6-11(5-15(19)17(16)22-2)12-4-13(9-20-8-12)14-7-18(21)24-10-14/h4-6,8-9,14,21H,3,7,10H2,1-2H3/t14-/m0/s1. The van der Waals surface area contributed by atoms with E-state index >= 15 is 0 Å². The number of ether oxygens (including phenoxy) is 2. The molecule has 126 valence electrons. The molecule has 1 fully saturated rings. The van der Waals surface area contributed by atoms with Crippen LogP contribution in [0.1, 0.15) is 18.4 Å². The average molecular weight is 331 g/mol. The second kappa shape index (κ2) is 7.19. The minimum Gasteiger partial charge on any atom is -0.490 e. The summed E-state index contributed by atoms with van der Waals surface area (Å²) in [5.74, 6) is 0.0578. The molecule has 1 N–H and O–H groups in total. The first-order valence-electron chi connectivity index (χ1n) is 7.87.